The molecule has 1 saturated heterocycles. The summed E-state index contributed by atoms with van der Waals surface area (Å²) in [5.41, 5.74) is 1.70. The Morgan fingerprint density at radius 3 is 2.54 bits per heavy atom. The molecule has 4 rings (SSSR count). The first-order valence-corrected chi connectivity index (χ1v) is 8.96. The maximum atomic E-state index is 12.6. The van der Waals surface area contributed by atoms with Gasteiger partial charge in [0.15, 0.2) is 5.17 Å². The van der Waals surface area contributed by atoms with Gasteiger partial charge in [0.2, 0.25) is 0 Å². The van der Waals surface area contributed by atoms with E-state index in [-0.39, 0.29) is 11.7 Å². The standard InChI is InChI=1S/C21H16N2O2S/c1-23-20(25)19(26-21(23)22-16-9-11-17(24)12-10-16)13-15-7-4-6-14-5-2-3-8-18(14)15/h2-13,24H,1H3/b19-13-,22-21?. The molecule has 0 bridgehead atoms. The number of fused-ring (bicyclic) bond motifs is 1. The number of thioether (sulfide) groups is 1. The Kier molecular flexibility index (Phi) is 4.22. The molecule has 5 heteroatoms. The Balaban J connectivity index is 1.70. The summed E-state index contributed by atoms with van der Waals surface area (Å²) in [7, 11) is 1.72. The first-order chi connectivity index (χ1) is 12.6. The first kappa shape index (κ1) is 16.4. The zero-order valence-electron chi connectivity index (χ0n) is 14.1. The van der Waals surface area contributed by atoms with Gasteiger partial charge in [0.05, 0.1) is 10.6 Å². The number of nitrogens with zero attached hydrogens (tertiary/aromatic N) is 2. The molecule has 4 nitrogen and oxygen atoms in total. The van der Waals surface area contributed by atoms with Crippen molar-refractivity contribution in [1.29, 1.82) is 0 Å². The van der Waals surface area contributed by atoms with Gasteiger partial charge in [-0.1, -0.05) is 42.5 Å². The van der Waals surface area contributed by atoms with Crippen LogP contribution in [0.5, 0.6) is 5.75 Å². The van der Waals surface area contributed by atoms with Crippen LogP contribution in [-0.4, -0.2) is 28.1 Å². The van der Waals surface area contributed by atoms with E-state index in [1.165, 1.54) is 11.8 Å². The van der Waals surface area contributed by atoms with E-state index in [2.05, 4.69) is 23.2 Å². The van der Waals surface area contributed by atoms with Gasteiger partial charge in [-0.15, -0.1) is 0 Å². The molecule has 0 saturated carbocycles. The molecule has 1 fully saturated rings. The van der Waals surface area contributed by atoms with E-state index in [1.54, 1.807) is 36.2 Å². The van der Waals surface area contributed by atoms with Gasteiger partial charge in [-0.2, -0.15) is 0 Å². The van der Waals surface area contributed by atoms with Crippen molar-refractivity contribution in [2.75, 3.05) is 7.05 Å². The predicted octanol–water partition coefficient (Wildman–Crippen LogP) is 4.78. The SMILES string of the molecule is CN1C(=O)/C(=C/c2cccc3ccccc23)SC1=Nc1ccc(O)cc1. The van der Waals surface area contributed by atoms with Crippen molar-refractivity contribution in [1.82, 2.24) is 4.90 Å². The zero-order chi connectivity index (χ0) is 18.1. The molecule has 1 aliphatic heterocycles. The number of amidine groups is 1. The highest BCUT2D eigenvalue weighted by atomic mass is 32.2. The Morgan fingerprint density at radius 2 is 1.73 bits per heavy atom. The summed E-state index contributed by atoms with van der Waals surface area (Å²) in [6.45, 7) is 0. The molecule has 0 aliphatic carbocycles. The minimum atomic E-state index is -0.0690. The molecule has 0 unspecified atom stereocenters. The largest absolute Gasteiger partial charge is 0.508 e. The van der Waals surface area contributed by atoms with Crippen molar-refractivity contribution < 1.29 is 9.90 Å². The maximum Gasteiger partial charge on any atom is 0.266 e. The van der Waals surface area contributed by atoms with Gasteiger partial charge >= 0.3 is 0 Å². The van der Waals surface area contributed by atoms with Crippen molar-refractivity contribution in [2.45, 2.75) is 0 Å². The Morgan fingerprint density at radius 1 is 1.00 bits per heavy atom. The van der Waals surface area contributed by atoms with Crippen LogP contribution in [0.15, 0.2) is 76.6 Å². The number of hydrogen-bond acceptors (Lipinski definition) is 4. The zero-order valence-corrected chi connectivity index (χ0v) is 14.9. The number of carbonyl (C=O) groups is 1. The van der Waals surface area contributed by atoms with E-state index in [1.807, 2.05) is 30.3 Å². The summed E-state index contributed by atoms with van der Waals surface area (Å²) >= 11 is 1.35. The number of carbonyl (C=O) groups excluding carboxylic acids is 1. The third-order valence-electron chi connectivity index (χ3n) is 4.19. The van der Waals surface area contributed by atoms with Crippen molar-refractivity contribution in [2.24, 2.45) is 4.99 Å². The first-order valence-electron chi connectivity index (χ1n) is 8.15. The van der Waals surface area contributed by atoms with Crippen LogP contribution in [0.2, 0.25) is 0 Å². The number of phenols is 1. The number of rotatable bonds is 2. The lowest BCUT2D eigenvalue weighted by Gasteiger charge is -2.07. The summed E-state index contributed by atoms with van der Waals surface area (Å²) in [5.74, 6) is 0.120. The molecule has 1 amide bonds. The van der Waals surface area contributed by atoms with Crippen LogP contribution < -0.4 is 0 Å². The average Bonchev–Trinajstić information content (AvgIpc) is 2.92. The number of benzene rings is 3. The lowest BCUT2D eigenvalue weighted by molar-refractivity contribution is -0.121. The summed E-state index contributed by atoms with van der Waals surface area (Å²) in [6.07, 6.45) is 1.92. The molecule has 0 atom stereocenters. The molecular formula is C21H16N2O2S. The fourth-order valence-corrected chi connectivity index (χ4v) is 3.78. The summed E-state index contributed by atoms with van der Waals surface area (Å²) in [6, 6.07) is 20.8. The molecule has 0 aromatic heterocycles. The highest BCUT2D eigenvalue weighted by Crippen LogP contribution is 2.34. The molecule has 3 aromatic rings. The van der Waals surface area contributed by atoms with Crippen LogP contribution >= 0.6 is 11.8 Å². The lowest BCUT2D eigenvalue weighted by atomic mass is 10.0. The van der Waals surface area contributed by atoms with E-state index in [9.17, 15) is 9.90 Å². The second-order valence-corrected chi connectivity index (χ2v) is 6.96. The minimum absolute atomic E-state index is 0.0690. The van der Waals surface area contributed by atoms with E-state index in [0.29, 0.717) is 15.8 Å². The number of aliphatic imine (C=N–C) groups is 1. The van der Waals surface area contributed by atoms with Gasteiger partial charge < -0.3 is 5.11 Å². The second-order valence-electron chi connectivity index (χ2n) is 5.95. The van der Waals surface area contributed by atoms with E-state index >= 15 is 0 Å². The van der Waals surface area contributed by atoms with Crippen LogP contribution in [0.1, 0.15) is 5.56 Å². The summed E-state index contributed by atoms with van der Waals surface area (Å²) in [5, 5.41) is 12.3. The van der Waals surface area contributed by atoms with Gasteiger partial charge in [0.25, 0.3) is 5.91 Å². The van der Waals surface area contributed by atoms with Crippen LogP contribution in [0.25, 0.3) is 16.8 Å². The maximum absolute atomic E-state index is 12.6. The highest BCUT2D eigenvalue weighted by Gasteiger charge is 2.30. The van der Waals surface area contributed by atoms with E-state index < -0.39 is 0 Å². The normalized spacial score (nSPS) is 17.6. The van der Waals surface area contributed by atoms with Crippen LogP contribution in [0.4, 0.5) is 5.69 Å². The molecule has 1 aliphatic rings. The van der Waals surface area contributed by atoms with Crippen molar-refractivity contribution in [3.05, 3.63) is 77.2 Å². The van der Waals surface area contributed by atoms with Crippen LogP contribution in [-0.2, 0) is 4.79 Å². The van der Waals surface area contributed by atoms with Crippen LogP contribution in [0, 0.1) is 0 Å². The van der Waals surface area contributed by atoms with Crippen molar-refractivity contribution >= 4 is 45.4 Å². The minimum Gasteiger partial charge on any atom is -0.508 e. The van der Waals surface area contributed by atoms with Gasteiger partial charge in [0.1, 0.15) is 5.75 Å². The number of hydrogen-bond donors (Lipinski definition) is 1. The lowest BCUT2D eigenvalue weighted by Crippen LogP contribution is -2.23. The van der Waals surface area contributed by atoms with Gasteiger partial charge in [0, 0.05) is 7.05 Å². The summed E-state index contributed by atoms with van der Waals surface area (Å²) in [4.78, 5) is 19.3. The third kappa shape index (κ3) is 3.09. The average molecular weight is 360 g/mol. The number of phenolic OH excluding ortho intramolecular Hbond substituents is 1. The summed E-state index contributed by atoms with van der Waals surface area (Å²) < 4.78 is 0. The third-order valence-corrected chi connectivity index (χ3v) is 5.25. The molecule has 0 radical (unpaired) electrons. The smallest absolute Gasteiger partial charge is 0.266 e. The predicted molar refractivity (Wildman–Crippen MR) is 107 cm³/mol. The Labute approximate surface area is 155 Å². The fourth-order valence-electron chi connectivity index (χ4n) is 2.81. The van der Waals surface area contributed by atoms with Crippen molar-refractivity contribution in [3.63, 3.8) is 0 Å². The number of likely N-dealkylation sites (N-methyl/N-ethyl adjacent to an activating group) is 1. The molecule has 0 spiro atoms. The fraction of sp³-hybridized carbons (Fsp3) is 0.0476. The van der Waals surface area contributed by atoms with Gasteiger partial charge in [-0.3, -0.25) is 9.69 Å². The highest BCUT2D eigenvalue weighted by molar-refractivity contribution is 8.18. The topological polar surface area (TPSA) is 52.9 Å². The number of aromatic hydroxyl groups is 1. The quantitative estimate of drug-likeness (QED) is 0.669. The molecule has 3 aromatic carbocycles. The van der Waals surface area contributed by atoms with Crippen molar-refractivity contribution in [3.8, 4) is 5.75 Å². The monoisotopic (exact) mass is 360 g/mol. The molecule has 1 N–H and O–H groups in total. The Hall–Kier alpha value is -3.05. The van der Waals surface area contributed by atoms with E-state index in [0.717, 1.165) is 16.3 Å². The molecule has 26 heavy (non-hydrogen) atoms. The Bertz CT molecular complexity index is 1050. The number of amides is 1. The molecule has 1 heterocycles. The second kappa shape index (κ2) is 6.69. The molecule has 128 valence electrons. The van der Waals surface area contributed by atoms with Gasteiger partial charge in [-0.25, -0.2) is 4.99 Å². The van der Waals surface area contributed by atoms with Crippen LogP contribution in [0.3, 0.4) is 0 Å². The molecular weight excluding hydrogens is 344 g/mol. The van der Waals surface area contributed by atoms with Gasteiger partial charge in [-0.05, 0) is 58.4 Å². The van der Waals surface area contributed by atoms with E-state index in [4.69, 9.17) is 0 Å².